The largest absolute Gasteiger partial charge is 0.423 e. The van der Waals surface area contributed by atoms with Crippen molar-refractivity contribution in [2.75, 3.05) is 0 Å². The average molecular weight is 505 g/mol. The number of ether oxygens (including phenoxy) is 2. The zero-order valence-electron chi connectivity index (χ0n) is 20.5. The first-order valence-electron chi connectivity index (χ1n) is 11.7. The van der Waals surface area contributed by atoms with Crippen LogP contribution >= 0.6 is 0 Å². The van der Waals surface area contributed by atoms with Crippen molar-refractivity contribution in [3.8, 4) is 11.5 Å². The minimum absolute atomic E-state index is 0.263. The Bertz CT molecular complexity index is 1510. The van der Waals surface area contributed by atoms with E-state index in [1.165, 1.54) is 18.4 Å². The molecule has 0 saturated carbocycles. The van der Waals surface area contributed by atoms with E-state index < -0.39 is 11.9 Å². The Hall–Kier alpha value is -5.30. The number of hydrazone groups is 1. The highest BCUT2D eigenvalue weighted by molar-refractivity contribution is 5.96. The van der Waals surface area contributed by atoms with Gasteiger partial charge < -0.3 is 9.47 Å². The molecule has 0 atom stereocenters. The number of para-hydroxylation sites is 2. The maximum atomic E-state index is 12.6. The maximum absolute atomic E-state index is 12.6. The summed E-state index contributed by atoms with van der Waals surface area (Å²) in [6, 6.07) is 29.4. The van der Waals surface area contributed by atoms with E-state index in [9.17, 15) is 14.4 Å². The summed E-state index contributed by atoms with van der Waals surface area (Å²) < 4.78 is 11.0. The first-order valence-corrected chi connectivity index (χ1v) is 11.7. The number of carbonyl (C=O) groups excluding carboxylic acids is 3. The number of esters is 2. The number of amides is 1. The summed E-state index contributed by atoms with van der Waals surface area (Å²) in [6.45, 7) is 1.89. The van der Waals surface area contributed by atoms with Gasteiger partial charge in [0.25, 0.3) is 5.91 Å². The predicted molar refractivity (Wildman–Crippen MR) is 145 cm³/mol. The third-order valence-corrected chi connectivity index (χ3v) is 5.31. The summed E-state index contributed by atoms with van der Waals surface area (Å²) in [5, 5.41) is 3.97. The number of nitrogens with one attached hydrogen (secondary N) is 1. The van der Waals surface area contributed by atoms with E-state index in [-0.39, 0.29) is 11.7 Å². The van der Waals surface area contributed by atoms with Gasteiger partial charge in [0.15, 0.2) is 0 Å². The highest BCUT2D eigenvalue weighted by Gasteiger charge is 2.11. The molecule has 0 spiro atoms. The van der Waals surface area contributed by atoms with Crippen LogP contribution < -0.4 is 14.9 Å². The Morgan fingerprint density at radius 3 is 2.08 bits per heavy atom. The molecule has 4 aromatic rings. The Morgan fingerprint density at radius 1 is 0.711 bits per heavy atom. The smallest absolute Gasteiger partial charge is 0.343 e. The highest BCUT2D eigenvalue weighted by Crippen LogP contribution is 2.22. The van der Waals surface area contributed by atoms with Crippen LogP contribution in [0.3, 0.4) is 0 Å². The van der Waals surface area contributed by atoms with Gasteiger partial charge in [-0.05, 0) is 55.5 Å². The van der Waals surface area contributed by atoms with Crippen molar-refractivity contribution in [3.05, 3.63) is 137 Å². The molecule has 7 heteroatoms. The Morgan fingerprint density at radius 2 is 1.34 bits per heavy atom. The lowest BCUT2D eigenvalue weighted by atomic mass is 10.1. The highest BCUT2D eigenvalue weighted by atomic mass is 16.5. The monoisotopic (exact) mass is 504 g/mol. The molecule has 0 fully saturated rings. The molecule has 38 heavy (non-hydrogen) atoms. The second kappa shape index (κ2) is 12.6. The lowest BCUT2D eigenvalue weighted by Gasteiger charge is -2.08. The fourth-order valence-electron chi connectivity index (χ4n) is 3.44. The number of rotatable bonds is 8. The van der Waals surface area contributed by atoms with E-state index in [4.69, 9.17) is 9.47 Å². The normalized spacial score (nSPS) is 10.9. The van der Waals surface area contributed by atoms with E-state index in [0.717, 1.165) is 5.56 Å². The molecule has 0 aliphatic rings. The predicted octanol–water partition coefficient (Wildman–Crippen LogP) is 5.60. The van der Waals surface area contributed by atoms with E-state index in [0.29, 0.717) is 28.0 Å². The Labute approximate surface area is 220 Å². The molecule has 0 saturated heterocycles. The van der Waals surface area contributed by atoms with Crippen molar-refractivity contribution in [2.45, 2.75) is 6.92 Å². The van der Waals surface area contributed by atoms with Crippen LogP contribution in [0.4, 0.5) is 0 Å². The van der Waals surface area contributed by atoms with Crippen LogP contribution in [-0.4, -0.2) is 24.1 Å². The van der Waals surface area contributed by atoms with Crippen molar-refractivity contribution in [2.24, 2.45) is 5.10 Å². The van der Waals surface area contributed by atoms with Gasteiger partial charge >= 0.3 is 11.9 Å². The number of carbonyl (C=O) groups is 3. The lowest BCUT2D eigenvalue weighted by molar-refractivity contribution is -0.128. The van der Waals surface area contributed by atoms with Gasteiger partial charge in [0.1, 0.15) is 11.5 Å². The minimum Gasteiger partial charge on any atom is -0.423 e. The molecule has 188 valence electrons. The molecule has 0 radical (unpaired) electrons. The van der Waals surface area contributed by atoms with Crippen LogP contribution in [-0.2, 0) is 4.79 Å². The van der Waals surface area contributed by atoms with Crippen LogP contribution in [0.15, 0.2) is 114 Å². The van der Waals surface area contributed by atoms with Crippen molar-refractivity contribution < 1.29 is 23.9 Å². The summed E-state index contributed by atoms with van der Waals surface area (Å²) in [6.07, 6.45) is 4.15. The van der Waals surface area contributed by atoms with Gasteiger partial charge in [-0.1, -0.05) is 66.2 Å². The van der Waals surface area contributed by atoms with Gasteiger partial charge in [-0.15, -0.1) is 0 Å². The molecule has 1 N–H and O–H groups in total. The molecule has 0 unspecified atom stereocenters. The summed E-state index contributed by atoms with van der Waals surface area (Å²) in [5.41, 5.74) is 5.32. The van der Waals surface area contributed by atoms with Crippen LogP contribution in [0.1, 0.15) is 37.4 Å². The van der Waals surface area contributed by atoms with Gasteiger partial charge in [-0.3, -0.25) is 4.79 Å². The molecule has 0 aromatic heterocycles. The first-order chi connectivity index (χ1) is 18.5. The lowest BCUT2D eigenvalue weighted by Crippen LogP contribution is -2.17. The van der Waals surface area contributed by atoms with E-state index in [1.807, 2.05) is 19.1 Å². The van der Waals surface area contributed by atoms with Crippen LogP contribution in [0.5, 0.6) is 11.5 Å². The van der Waals surface area contributed by atoms with Crippen molar-refractivity contribution in [1.29, 1.82) is 0 Å². The summed E-state index contributed by atoms with van der Waals surface area (Å²) in [5.74, 6) is -0.923. The SMILES string of the molecule is Cc1cccc(C(=O)Oc2ccccc2/C=C/C(=O)Oc2ccccc2/C=N/NC(=O)c2ccccc2)c1. The number of benzene rings is 4. The summed E-state index contributed by atoms with van der Waals surface area (Å²) in [7, 11) is 0. The quantitative estimate of drug-likeness (QED) is 0.111. The molecule has 7 nitrogen and oxygen atoms in total. The van der Waals surface area contributed by atoms with Crippen LogP contribution in [0, 0.1) is 6.92 Å². The van der Waals surface area contributed by atoms with Gasteiger partial charge in [-0.2, -0.15) is 5.10 Å². The summed E-state index contributed by atoms with van der Waals surface area (Å²) in [4.78, 5) is 37.3. The number of nitrogens with zero attached hydrogens (tertiary/aromatic N) is 1. The minimum atomic E-state index is -0.640. The van der Waals surface area contributed by atoms with E-state index >= 15 is 0 Å². The molecule has 1 amide bonds. The molecule has 0 aliphatic heterocycles. The second-order valence-corrected chi connectivity index (χ2v) is 8.15. The zero-order valence-corrected chi connectivity index (χ0v) is 20.5. The topological polar surface area (TPSA) is 94.1 Å². The van der Waals surface area contributed by atoms with Crippen molar-refractivity contribution in [3.63, 3.8) is 0 Å². The Balaban J connectivity index is 1.41. The van der Waals surface area contributed by atoms with Crippen LogP contribution in [0.25, 0.3) is 6.08 Å². The maximum Gasteiger partial charge on any atom is 0.343 e. The number of hydrogen-bond donors (Lipinski definition) is 1. The van der Waals surface area contributed by atoms with Gasteiger partial charge in [0, 0.05) is 22.8 Å². The summed E-state index contributed by atoms with van der Waals surface area (Å²) >= 11 is 0. The molecular weight excluding hydrogens is 480 g/mol. The number of hydrogen-bond acceptors (Lipinski definition) is 6. The van der Waals surface area contributed by atoms with Crippen LogP contribution in [0.2, 0.25) is 0 Å². The van der Waals surface area contributed by atoms with Gasteiger partial charge in [0.2, 0.25) is 0 Å². The van der Waals surface area contributed by atoms with Gasteiger partial charge in [-0.25, -0.2) is 15.0 Å². The molecule has 0 aliphatic carbocycles. The van der Waals surface area contributed by atoms with Crippen molar-refractivity contribution >= 4 is 30.1 Å². The first kappa shape index (κ1) is 25.8. The molecule has 0 bridgehead atoms. The standard InChI is InChI=1S/C31H24N2O5/c1-22-10-9-15-25(20-22)31(36)38-27-16-7-5-11-23(27)18-19-29(34)37-28-17-8-6-14-26(28)21-32-33-30(35)24-12-3-2-4-13-24/h2-21H,1H3,(H,33,35)/b19-18+,32-21+. The average Bonchev–Trinajstić information content (AvgIpc) is 2.94. The fraction of sp³-hybridized carbons (Fsp3) is 0.0323. The molecular formula is C31H24N2O5. The van der Waals surface area contributed by atoms with E-state index in [2.05, 4.69) is 10.5 Å². The van der Waals surface area contributed by atoms with Gasteiger partial charge in [0.05, 0.1) is 11.8 Å². The number of aryl methyl sites for hydroxylation is 1. The molecule has 0 heterocycles. The molecule has 4 rings (SSSR count). The zero-order chi connectivity index (χ0) is 26.7. The second-order valence-electron chi connectivity index (χ2n) is 8.15. The Kier molecular flexibility index (Phi) is 8.55. The molecule has 4 aromatic carbocycles. The fourth-order valence-corrected chi connectivity index (χ4v) is 3.44. The van der Waals surface area contributed by atoms with Crippen molar-refractivity contribution in [1.82, 2.24) is 5.43 Å². The van der Waals surface area contributed by atoms with E-state index in [1.54, 1.807) is 91.0 Å². The third kappa shape index (κ3) is 7.11. The third-order valence-electron chi connectivity index (χ3n) is 5.31.